The number of aliphatic carboxylic acids is 1. The Hall–Kier alpha value is -1.69. The molecule has 0 radical (unpaired) electrons. The molecule has 2 aromatic heterocycles. The molecule has 0 saturated carbocycles. The Bertz CT molecular complexity index is 1220. The summed E-state index contributed by atoms with van der Waals surface area (Å²) in [7, 11) is 0. The number of amides is 2. The van der Waals surface area contributed by atoms with Gasteiger partial charge in [-0.3, -0.25) is 19.9 Å². The van der Waals surface area contributed by atoms with Crippen molar-refractivity contribution in [2.45, 2.75) is 22.7 Å². The molecule has 1 fully saturated rings. The minimum Gasteiger partial charge on any atom is -0.543 e. The summed E-state index contributed by atoms with van der Waals surface area (Å²) in [6.45, 7) is 1.76. The fraction of sp³-hybridized carbons (Fsp3) is 0.312. The second kappa shape index (κ2) is 10.7. The van der Waals surface area contributed by atoms with E-state index in [9.17, 15) is 24.7 Å². The van der Waals surface area contributed by atoms with Gasteiger partial charge in [0, 0.05) is 16.9 Å². The molecule has 2 aliphatic heterocycles. The van der Waals surface area contributed by atoms with Crippen LogP contribution in [0.2, 0.25) is 0 Å². The first kappa shape index (κ1) is 25.9. The molecule has 4 rings (SSSR count). The van der Waals surface area contributed by atoms with E-state index in [1.807, 2.05) is 0 Å². The molecule has 17 heteroatoms. The van der Waals surface area contributed by atoms with Crippen molar-refractivity contribution >= 4 is 69.9 Å². The summed E-state index contributed by atoms with van der Waals surface area (Å²) >= 11 is 4.86. The Labute approximate surface area is 224 Å². The molecule has 168 valence electrons. The minimum atomic E-state index is -1.47. The predicted molar refractivity (Wildman–Crippen MR) is 115 cm³/mol. The van der Waals surface area contributed by atoms with Gasteiger partial charge < -0.3 is 25.4 Å². The molecule has 33 heavy (non-hydrogen) atoms. The van der Waals surface area contributed by atoms with Crippen molar-refractivity contribution in [2.24, 2.45) is 5.16 Å². The molecule has 4 heterocycles. The van der Waals surface area contributed by atoms with E-state index >= 15 is 0 Å². The van der Waals surface area contributed by atoms with Crippen LogP contribution in [-0.4, -0.2) is 70.9 Å². The molecule has 2 aromatic rings. The molecular formula is C16H14N7NaO5S4. The number of nitrogens with zero attached hydrogens (tertiary/aromatic N) is 4. The van der Waals surface area contributed by atoms with E-state index in [0.717, 1.165) is 16.2 Å². The minimum absolute atomic E-state index is 0. The maximum atomic E-state index is 12.7. The molecule has 4 N–H and O–H groups in total. The maximum absolute atomic E-state index is 12.7. The first-order valence-electron chi connectivity index (χ1n) is 8.87. The number of carboxylic acids is 1. The number of aromatic nitrogens is 3. The van der Waals surface area contributed by atoms with E-state index in [-0.39, 0.29) is 51.5 Å². The Kier molecular flexibility index (Phi) is 8.41. The molecule has 1 unspecified atom stereocenters. The summed E-state index contributed by atoms with van der Waals surface area (Å²) in [5.74, 6) is -1.62. The number of thiazole rings is 1. The normalized spacial score (nSPS) is 20.1. The molecule has 0 aromatic carbocycles. The first-order chi connectivity index (χ1) is 15.3. The number of fused-ring (bicyclic) bond motifs is 1. The molecule has 1 saturated heterocycles. The number of thioether (sulfide) groups is 2. The Morgan fingerprint density at radius 2 is 2.27 bits per heavy atom. The zero-order chi connectivity index (χ0) is 23.0. The number of hydrogen-bond donors (Lipinski definition) is 4. The average Bonchev–Trinajstić information content (AvgIpc) is 3.38. The first-order valence-corrected chi connectivity index (χ1v) is 12.6. The number of hydrogen-bond acceptors (Lipinski definition) is 13. The standard InChI is InChI=1S/C16H15N7O5S4.Na/c1-5-18-16(32-22-5)31-3-6-2-29-13-9(12(25)23(13)10(6)14(26)27)20-11(24)8(21-28)7-4-30-15(17)19-7;/h4,9,13,28H,2-3H2,1H3,(H2,17,19)(H,20,24)(H,26,27);/q;+1/p-1/b21-8-;/t9?,13-;/m1./s1. The fourth-order valence-electron chi connectivity index (χ4n) is 3.11. The van der Waals surface area contributed by atoms with Gasteiger partial charge in [-0.1, -0.05) is 16.9 Å². The van der Waals surface area contributed by atoms with Gasteiger partial charge in [0.05, 0.1) is 17.4 Å². The van der Waals surface area contributed by atoms with Gasteiger partial charge >= 0.3 is 29.6 Å². The maximum Gasteiger partial charge on any atom is 1.00 e. The number of carbonyl (C=O) groups excluding carboxylic acids is 3. The monoisotopic (exact) mass is 535 g/mol. The summed E-state index contributed by atoms with van der Waals surface area (Å²) in [5, 5.41) is 34.8. The molecule has 0 aliphatic carbocycles. The third-order valence-electron chi connectivity index (χ3n) is 4.52. The number of carboxylic acid groups (broad SMARTS) is 1. The van der Waals surface area contributed by atoms with Crippen LogP contribution in [0.1, 0.15) is 11.5 Å². The third-order valence-corrected chi connectivity index (χ3v) is 8.56. The van der Waals surface area contributed by atoms with E-state index in [0.29, 0.717) is 27.2 Å². The number of nitrogens with one attached hydrogen (secondary N) is 3. The van der Waals surface area contributed by atoms with Crippen molar-refractivity contribution in [3.63, 3.8) is 0 Å². The number of carbonyl (C=O) groups is 3. The van der Waals surface area contributed by atoms with Crippen molar-refractivity contribution in [3.05, 3.63) is 33.0 Å². The van der Waals surface area contributed by atoms with Crippen LogP contribution >= 0.6 is 46.4 Å². The van der Waals surface area contributed by atoms with E-state index in [1.54, 1.807) is 6.92 Å². The van der Waals surface area contributed by atoms with Crippen molar-refractivity contribution < 1.29 is 54.3 Å². The van der Waals surface area contributed by atoms with Crippen LogP contribution < -0.4 is 44.8 Å². The smallest absolute Gasteiger partial charge is 0.543 e. The van der Waals surface area contributed by atoms with Crippen molar-refractivity contribution in [1.82, 2.24) is 24.6 Å². The summed E-state index contributed by atoms with van der Waals surface area (Å²) in [6.07, 6.45) is 0. The zero-order valence-electron chi connectivity index (χ0n) is 17.1. The molecule has 12 nitrogen and oxygen atoms in total. The second-order valence-corrected chi connectivity index (χ2v) is 10.5. The quantitative estimate of drug-likeness (QED) is 0.0686. The molecule has 2 amide bonds. The predicted octanol–water partition coefficient (Wildman–Crippen LogP) is -3.91. The van der Waals surface area contributed by atoms with Gasteiger partial charge in [-0.15, -0.1) is 23.1 Å². The van der Waals surface area contributed by atoms with E-state index in [2.05, 4.69) is 24.8 Å². The molecule has 2 atom stereocenters. The van der Waals surface area contributed by atoms with Crippen LogP contribution in [0.3, 0.4) is 0 Å². The van der Waals surface area contributed by atoms with Gasteiger partial charge in [-0.05, 0) is 24.0 Å². The Morgan fingerprint density at radius 1 is 1.52 bits per heavy atom. The van der Waals surface area contributed by atoms with Crippen LogP contribution in [-0.2, 0) is 14.4 Å². The zero-order valence-corrected chi connectivity index (χ0v) is 22.4. The van der Waals surface area contributed by atoms with E-state index in [4.69, 9.17) is 5.41 Å². The topological polar surface area (TPSA) is 188 Å². The van der Waals surface area contributed by atoms with E-state index in [1.165, 1.54) is 40.4 Å². The summed E-state index contributed by atoms with van der Waals surface area (Å²) in [6, 6.07) is -0.993. The summed E-state index contributed by atoms with van der Waals surface area (Å²) in [4.78, 5) is 45.1. The number of oxime groups is 1. The number of rotatable bonds is 7. The SMILES string of the molecule is Cc1nsc(SCC2=C(C(=O)[O-])N3C(=O)C(NC(=O)/C(=N\O)c4csc(=N)[nH]4)[C@H]3SC2)n1.[Na+]. The summed E-state index contributed by atoms with van der Waals surface area (Å²) in [5.41, 5.74) is 0.0723. The molecular weight excluding hydrogens is 521 g/mol. The third kappa shape index (κ3) is 5.21. The Morgan fingerprint density at radius 3 is 2.85 bits per heavy atom. The van der Waals surface area contributed by atoms with Crippen molar-refractivity contribution in [3.8, 4) is 0 Å². The fourth-order valence-corrected chi connectivity index (χ4v) is 6.82. The molecule has 0 bridgehead atoms. The van der Waals surface area contributed by atoms with Gasteiger partial charge in [0.2, 0.25) is 0 Å². The number of H-pyrrole nitrogens is 1. The molecule has 0 spiro atoms. The average molecular weight is 536 g/mol. The van der Waals surface area contributed by atoms with Crippen LogP contribution in [0.25, 0.3) is 0 Å². The number of aromatic amines is 1. The van der Waals surface area contributed by atoms with Gasteiger partial charge in [0.1, 0.15) is 17.2 Å². The van der Waals surface area contributed by atoms with E-state index < -0.39 is 29.2 Å². The van der Waals surface area contributed by atoms with Gasteiger partial charge in [0.15, 0.2) is 14.9 Å². The Balaban J connectivity index is 0.00000306. The van der Waals surface area contributed by atoms with Crippen molar-refractivity contribution in [2.75, 3.05) is 11.5 Å². The van der Waals surface area contributed by atoms with Crippen LogP contribution in [0.15, 0.2) is 26.1 Å². The largest absolute Gasteiger partial charge is 1.00 e. The van der Waals surface area contributed by atoms with Crippen LogP contribution in [0.4, 0.5) is 0 Å². The molecule has 2 aliphatic rings. The van der Waals surface area contributed by atoms with Crippen molar-refractivity contribution in [1.29, 1.82) is 5.41 Å². The number of aryl methyl sites for hydroxylation is 1. The van der Waals surface area contributed by atoms with Crippen LogP contribution in [0, 0.1) is 12.3 Å². The van der Waals surface area contributed by atoms with Gasteiger partial charge in [-0.25, -0.2) is 4.98 Å². The van der Waals surface area contributed by atoms with Crippen LogP contribution in [0.5, 0.6) is 0 Å². The number of β-lactam (4-membered cyclic amide) rings is 1. The van der Waals surface area contributed by atoms with Gasteiger partial charge in [-0.2, -0.15) is 4.37 Å². The second-order valence-electron chi connectivity index (χ2n) is 6.55. The summed E-state index contributed by atoms with van der Waals surface area (Å²) < 4.78 is 4.77. The van der Waals surface area contributed by atoms with Gasteiger partial charge in [0.25, 0.3) is 11.8 Å².